The Labute approximate surface area is 182 Å². The number of hydrogen-bond acceptors (Lipinski definition) is 0. The van der Waals surface area contributed by atoms with Gasteiger partial charge in [0, 0.05) is 8.07 Å². The third-order valence-corrected chi connectivity index (χ3v) is 8.03. The maximum atomic E-state index is 3.91. The maximum absolute atomic E-state index is 3.91. The zero-order chi connectivity index (χ0) is 20.8. The molecular weight excluding hydrogens is 352 g/mol. The fraction of sp³-hybridized carbons (Fsp3) is 0.963. The van der Waals surface area contributed by atoms with Gasteiger partial charge in [0.15, 0.2) is 0 Å². The topological polar surface area (TPSA) is 0 Å². The van der Waals surface area contributed by atoms with E-state index in [1.165, 1.54) is 141 Å². The van der Waals surface area contributed by atoms with Crippen molar-refractivity contribution in [2.75, 3.05) is 0 Å². The second kappa shape index (κ2) is 21.9. The van der Waals surface area contributed by atoms with Crippen molar-refractivity contribution in [3.05, 3.63) is 6.92 Å². The van der Waals surface area contributed by atoms with Gasteiger partial charge in [-0.2, -0.15) is 0 Å². The molecule has 0 aliphatic carbocycles. The highest BCUT2D eigenvalue weighted by Crippen LogP contribution is 2.17. The number of hydrogen-bond donors (Lipinski definition) is 0. The third-order valence-electron chi connectivity index (χ3n) is 6.18. The van der Waals surface area contributed by atoms with Crippen molar-refractivity contribution in [3.8, 4) is 0 Å². The van der Waals surface area contributed by atoms with Gasteiger partial charge in [-0.25, -0.2) is 0 Å². The highest BCUT2D eigenvalue weighted by molar-refractivity contribution is 6.76. The maximum Gasteiger partial charge on any atom is 0.0442 e. The second-order valence-electron chi connectivity index (χ2n) is 10.6. The van der Waals surface area contributed by atoms with E-state index in [1.807, 2.05) is 0 Å². The molecule has 0 aliphatic heterocycles. The van der Waals surface area contributed by atoms with E-state index in [0.717, 1.165) is 6.42 Å². The highest BCUT2D eigenvalue weighted by Gasteiger charge is 2.11. The predicted octanol–water partition coefficient (Wildman–Crippen LogP) is 10.7. The molecule has 0 unspecified atom stereocenters. The molecule has 0 heterocycles. The Morgan fingerprint density at radius 2 is 0.571 bits per heavy atom. The lowest BCUT2D eigenvalue weighted by Gasteiger charge is -2.14. The highest BCUT2D eigenvalue weighted by atomic mass is 28.3. The molecule has 0 saturated carbocycles. The summed E-state index contributed by atoms with van der Waals surface area (Å²) in [6, 6.07) is 1.53. The summed E-state index contributed by atoms with van der Waals surface area (Å²) < 4.78 is 0. The summed E-state index contributed by atoms with van der Waals surface area (Å²) in [5.74, 6) is 0. The first kappa shape index (κ1) is 28.2. The lowest BCUT2D eigenvalue weighted by molar-refractivity contribution is 0.520. The van der Waals surface area contributed by atoms with Gasteiger partial charge in [0.25, 0.3) is 0 Å². The standard InChI is InChI=1S/C27H57Si/c1-5-6-7-8-9-10-11-12-13-14-15-16-17-18-19-20-21-22-23-24-25-26-27-28(2,3)4/h1,5-27H2,2-4H3. The molecule has 0 atom stereocenters. The zero-order valence-electron chi connectivity index (χ0n) is 20.5. The minimum absolute atomic E-state index is 0.775. The van der Waals surface area contributed by atoms with E-state index < -0.39 is 8.07 Å². The summed E-state index contributed by atoms with van der Waals surface area (Å²) in [5, 5.41) is 0. The molecule has 0 nitrogen and oxygen atoms in total. The van der Waals surface area contributed by atoms with Crippen LogP contribution in [-0.2, 0) is 0 Å². The van der Waals surface area contributed by atoms with Crippen LogP contribution in [0.3, 0.4) is 0 Å². The van der Waals surface area contributed by atoms with E-state index in [0.29, 0.717) is 0 Å². The van der Waals surface area contributed by atoms with Crippen molar-refractivity contribution in [1.29, 1.82) is 0 Å². The van der Waals surface area contributed by atoms with Gasteiger partial charge in [0.1, 0.15) is 0 Å². The van der Waals surface area contributed by atoms with Crippen LogP contribution in [0.4, 0.5) is 0 Å². The first-order valence-corrected chi connectivity index (χ1v) is 17.1. The summed E-state index contributed by atoms with van der Waals surface area (Å²) in [6.45, 7) is 11.4. The molecule has 0 bridgehead atoms. The zero-order valence-corrected chi connectivity index (χ0v) is 21.5. The molecule has 1 heteroatoms. The first-order valence-electron chi connectivity index (χ1n) is 13.4. The fourth-order valence-corrected chi connectivity index (χ4v) is 5.50. The predicted molar refractivity (Wildman–Crippen MR) is 135 cm³/mol. The Morgan fingerprint density at radius 1 is 0.357 bits per heavy atom. The van der Waals surface area contributed by atoms with Crippen LogP contribution >= 0.6 is 0 Å². The van der Waals surface area contributed by atoms with Gasteiger partial charge < -0.3 is 0 Å². The van der Waals surface area contributed by atoms with Gasteiger partial charge in [-0.05, 0) is 0 Å². The van der Waals surface area contributed by atoms with Gasteiger partial charge in [0.2, 0.25) is 0 Å². The van der Waals surface area contributed by atoms with E-state index in [9.17, 15) is 0 Å². The van der Waals surface area contributed by atoms with Crippen molar-refractivity contribution in [1.82, 2.24) is 0 Å². The Balaban J connectivity index is 3.01. The van der Waals surface area contributed by atoms with Crippen molar-refractivity contribution >= 4 is 8.07 Å². The molecule has 0 aliphatic rings. The molecule has 28 heavy (non-hydrogen) atoms. The molecule has 0 N–H and O–H groups in total. The molecule has 0 rings (SSSR count). The summed E-state index contributed by atoms with van der Waals surface area (Å²) in [5.41, 5.74) is 0. The molecule has 1 radical (unpaired) electrons. The van der Waals surface area contributed by atoms with Crippen LogP contribution in [0.2, 0.25) is 25.7 Å². The lowest BCUT2D eigenvalue weighted by atomic mass is 10.0. The van der Waals surface area contributed by atoms with Crippen molar-refractivity contribution < 1.29 is 0 Å². The molecule has 0 fully saturated rings. The molecule has 0 aromatic carbocycles. The van der Waals surface area contributed by atoms with Gasteiger partial charge in [-0.15, -0.1) is 0 Å². The quantitative estimate of drug-likeness (QED) is 0.116. The second-order valence-corrected chi connectivity index (χ2v) is 16.2. The normalized spacial score (nSPS) is 12.0. The molecular formula is C27H57Si. The van der Waals surface area contributed by atoms with Gasteiger partial charge in [0.05, 0.1) is 0 Å². The Bertz CT molecular complexity index is 278. The molecule has 0 aromatic rings. The van der Waals surface area contributed by atoms with Crippen LogP contribution in [0, 0.1) is 6.92 Å². The molecule has 0 spiro atoms. The van der Waals surface area contributed by atoms with Crippen LogP contribution in [0.1, 0.15) is 141 Å². The Hall–Kier alpha value is 0.217. The fourth-order valence-electron chi connectivity index (χ4n) is 4.19. The molecule has 0 aromatic heterocycles. The van der Waals surface area contributed by atoms with E-state index in [-0.39, 0.29) is 0 Å². The van der Waals surface area contributed by atoms with Crippen LogP contribution in [-0.4, -0.2) is 8.07 Å². The van der Waals surface area contributed by atoms with Crippen molar-refractivity contribution in [2.45, 2.75) is 167 Å². The monoisotopic (exact) mass is 409 g/mol. The van der Waals surface area contributed by atoms with Crippen molar-refractivity contribution in [3.63, 3.8) is 0 Å². The Morgan fingerprint density at radius 3 is 0.786 bits per heavy atom. The molecule has 0 amide bonds. The van der Waals surface area contributed by atoms with Crippen molar-refractivity contribution in [2.24, 2.45) is 0 Å². The third kappa shape index (κ3) is 26.2. The van der Waals surface area contributed by atoms with Gasteiger partial charge in [-0.1, -0.05) is 174 Å². The summed E-state index contributed by atoms with van der Waals surface area (Å²) in [7, 11) is -0.775. The minimum atomic E-state index is -0.775. The van der Waals surface area contributed by atoms with Crippen LogP contribution < -0.4 is 0 Å². The number of unbranched alkanes of at least 4 members (excludes halogenated alkanes) is 21. The smallest absolute Gasteiger partial charge is 0.0442 e. The minimum Gasteiger partial charge on any atom is -0.0695 e. The van der Waals surface area contributed by atoms with E-state index in [4.69, 9.17) is 0 Å². The van der Waals surface area contributed by atoms with Crippen LogP contribution in [0.5, 0.6) is 0 Å². The first-order chi connectivity index (χ1) is 13.6. The van der Waals surface area contributed by atoms with E-state index in [2.05, 4.69) is 26.6 Å². The lowest BCUT2D eigenvalue weighted by Crippen LogP contribution is -2.18. The van der Waals surface area contributed by atoms with Crippen LogP contribution in [0.15, 0.2) is 0 Å². The van der Waals surface area contributed by atoms with Gasteiger partial charge in [-0.3, -0.25) is 0 Å². The average molecular weight is 410 g/mol. The summed E-state index contributed by atoms with van der Waals surface area (Å²) in [4.78, 5) is 0. The number of rotatable bonds is 23. The molecule has 169 valence electrons. The van der Waals surface area contributed by atoms with E-state index >= 15 is 0 Å². The van der Waals surface area contributed by atoms with E-state index in [1.54, 1.807) is 0 Å². The van der Waals surface area contributed by atoms with Gasteiger partial charge >= 0.3 is 0 Å². The SMILES string of the molecule is [CH2]CCCCCCCCCCCCCCCCCCCCCCC[Si](C)(C)C. The average Bonchev–Trinajstić information content (AvgIpc) is 2.65. The molecule has 0 saturated heterocycles. The Kier molecular flexibility index (Phi) is 22.1. The summed E-state index contributed by atoms with van der Waals surface area (Å²) >= 11 is 0. The summed E-state index contributed by atoms with van der Waals surface area (Å²) in [6.07, 6.45) is 32.0. The largest absolute Gasteiger partial charge is 0.0695 e. The van der Waals surface area contributed by atoms with Crippen LogP contribution in [0.25, 0.3) is 0 Å².